The molecule has 2 heterocycles. The van der Waals surface area contributed by atoms with Crippen molar-refractivity contribution in [3.63, 3.8) is 0 Å². The first kappa shape index (κ1) is 19.7. The number of nitrogens with zero attached hydrogens (tertiary/aromatic N) is 1. The van der Waals surface area contributed by atoms with Gasteiger partial charge in [0.1, 0.15) is 0 Å². The maximum absolute atomic E-state index is 12.3. The van der Waals surface area contributed by atoms with Crippen LogP contribution in [0.3, 0.4) is 0 Å². The van der Waals surface area contributed by atoms with E-state index in [1.54, 1.807) is 0 Å². The third-order valence-electron chi connectivity index (χ3n) is 5.55. The Morgan fingerprint density at radius 3 is 2.24 bits per heavy atom. The molecule has 0 atom stereocenters. The van der Waals surface area contributed by atoms with E-state index in [4.69, 9.17) is 5.11 Å². The van der Waals surface area contributed by atoms with E-state index in [1.807, 2.05) is 4.90 Å². The highest BCUT2D eigenvalue weighted by atomic mass is 16.4. The molecule has 0 radical (unpaired) electrons. The smallest absolute Gasteiger partial charge is 0.305 e. The van der Waals surface area contributed by atoms with Gasteiger partial charge in [-0.25, -0.2) is 0 Å². The van der Waals surface area contributed by atoms with Crippen LogP contribution in [-0.2, 0) is 14.4 Å². The standard InChI is InChI=1S/C18H31N3O4/c22-15(20-10-5-17(24)25)3-1-2-4-16(23)21-13-8-18(9-14-21)6-11-19-12-7-18/h19H,1-14H2,(H,20,22)(H,24,25). The Labute approximate surface area is 149 Å². The van der Waals surface area contributed by atoms with Gasteiger partial charge in [-0.05, 0) is 57.0 Å². The zero-order chi connectivity index (χ0) is 18.1. The van der Waals surface area contributed by atoms with Gasteiger partial charge in [-0.3, -0.25) is 14.4 Å². The summed E-state index contributed by atoms with van der Waals surface area (Å²) in [5, 5.41) is 14.5. The molecule has 2 rings (SSSR count). The van der Waals surface area contributed by atoms with Crippen LogP contribution in [0.2, 0.25) is 0 Å². The molecule has 0 saturated carbocycles. The predicted octanol–water partition coefficient (Wildman–Crippen LogP) is 1.13. The number of unbranched alkanes of at least 4 members (excludes halogenated alkanes) is 1. The molecule has 0 unspecified atom stereocenters. The number of likely N-dealkylation sites (tertiary alicyclic amines) is 1. The van der Waals surface area contributed by atoms with Crippen LogP contribution in [0.4, 0.5) is 0 Å². The van der Waals surface area contributed by atoms with E-state index in [1.165, 1.54) is 12.8 Å². The van der Waals surface area contributed by atoms with Gasteiger partial charge in [-0.15, -0.1) is 0 Å². The maximum Gasteiger partial charge on any atom is 0.305 e. The number of hydrogen-bond donors (Lipinski definition) is 3. The molecule has 0 aromatic heterocycles. The first-order valence-electron chi connectivity index (χ1n) is 9.48. The van der Waals surface area contributed by atoms with Gasteiger partial charge in [-0.2, -0.15) is 0 Å². The average Bonchev–Trinajstić information content (AvgIpc) is 2.59. The minimum atomic E-state index is -0.918. The molecule has 2 saturated heterocycles. The van der Waals surface area contributed by atoms with Gasteiger partial charge in [0, 0.05) is 32.5 Å². The van der Waals surface area contributed by atoms with Crippen molar-refractivity contribution in [1.29, 1.82) is 0 Å². The summed E-state index contributed by atoms with van der Waals surface area (Å²) in [4.78, 5) is 36.2. The summed E-state index contributed by atoms with van der Waals surface area (Å²) in [6.45, 7) is 4.10. The summed E-state index contributed by atoms with van der Waals surface area (Å²) in [5.74, 6) is -0.853. The molecule has 2 amide bonds. The van der Waals surface area contributed by atoms with Crippen LogP contribution < -0.4 is 10.6 Å². The molecule has 142 valence electrons. The average molecular weight is 353 g/mol. The summed E-state index contributed by atoms with van der Waals surface area (Å²) in [6.07, 6.45) is 6.85. The Bertz CT molecular complexity index is 465. The molecule has 2 fully saturated rings. The van der Waals surface area contributed by atoms with Gasteiger partial charge < -0.3 is 20.6 Å². The third kappa shape index (κ3) is 6.65. The maximum atomic E-state index is 12.3. The molecule has 25 heavy (non-hydrogen) atoms. The number of rotatable bonds is 8. The lowest BCUT2D eigenvalue weighted by Crippen LogP contribution is -2.47. The number of aliphatic carboxylic acids is 1. The third-order valence-corrected chi connectivity index (χ3v) is 5.55. The molecule has 1 spiro atoms. The van der Waals surface area contributed by atoms with Gasteiger partial charge in [-0.1, -0.05) is 0 Å². The molecule has 0 aromatic carbocycles. The fraction of sp³-hybridized carbons (Fsp3) is 0.833. The number of carboxylic acid groups (broad SMARTS) is 1. The molecule has 0 aromatic rings. The van der Waals surface area contributed by atoms with Crippen molar-refractivity contribution in [2.75, 3.05) is 32.7 Å². The van der Waals surface area contributed by atoms with E-state index in [9.17, 15) is 14.4 Å². The molecular formula is C18H31N3O4. The highest BCUT2D eigenvalue weighted by molar-refractivity contribution is 5.77. The summed E-state index contributed by atoms with van der Waals surface area (Å²) < 4.78 is 0. The molecule has 7 nitrogen and oxygen atoms in total. The minimum absolute atomic E-state index is 0.0588. The Kier molecular flexibility index (Phi) is 7.68. The van der Waals surface area contributed by atoms with Gasteiger partial charge >= 0.3 is 5.97 Å². The van der Waals surface area contributed by atoms with Crippen LogP contribution in [0.25, 0.3) is 0 Å². The number of hydrogen-bond acceptors (Lipinski definition) is 4. The highest BCUT2D eigenvalue weighted by Crippen LogP contribution is 2.39. The zero-order valence-corrected chi connectivity index (χ0v) is 15.0. The van der Waals surface area contributed by atoms with Crippen molar-refractivity contribution >= 4 is 17.8 Å². The molecule has 0 bridgehead atoms. The first-order chi connectivity index (χ1) is 12.0. The lowest BCUT2D eigenvalue weighted by Gasteiger charge is -2.44. The lowest BCUT2D eigenvalue weighted by atomic mass is 9.71. The number of carboxylic acids is 1. The van der Waals surface area contributed by atoms with Crippen LogP contribution in [0.5, 0.6) is 0 Å². The summed E-state index contributed by atoms with van der Waals surface area (Å²) in [7, 11) is 0. The quantitative estimate of drug-likeness (QED) is 0.568. The fourth-order valence-electron chi connectivity index (χ4n) is 3.80. The van der Waals surface area contributed by atoms with Crippen LogP contribution in [0.1, 0.15) is 57.8 Å². The van der Waals surface area contributed by atoms with E-state index < -0.39 is 5.97 Å². The topological polar surface area (TPSA) is 98.7 Å². The van der Waals surface area contributed by atoms with E-state index in [-0.39, 0.29) is 24.8 Å². The predicted molar refractivity (Wildman–Crippen MR) is 94.1 cm³/mol. The second-order valence-corrected chi connectivity index (χ2v) is 7.33. The fourth-order valence-corrected chi connectivity index (χ4v) is 3.80. The van der Waals surface area contributed by atoms with E-state index in [0.29, 0.717) is 31.1 Å². The number of amides is 2. The van der Waals surface area contributed by atoms with E-state index >= 15 is 0 Å². The largest absolute Gasteiger partial charge is 0.481 e. The summed E-state index contributed by atoms with van der Waals surface area (Å²) in [6, 6.07) is 0. The van der Waals surface area contributed by atoms with Crippen molar-refractivity contribution in [2.45, 2.75) is 57.8 Å². The van der Waals surface area contributed by atoms with Crippen LogP contribution in [0, 0.1) is 5.41 Å². The van der Waals surface area contributed by atoms with Crippen LogP contribution in [-0.4, -0.2) is 60.5 Å². The van der Waals surface area contributed by atoms with Gasteiger partial charge in [0.2, 0.25) is 11.8 Å². The van der Waals surface area contributed by atoms with Crippen molar-refractivity contribution < 1.29 is 19.5 Å². The monoisotopic (exact) mass is 353 g/mol. The first-order valence-corrected chi connectivity index (χ1v) is 9.48. The number of nitrogens with one attached hydrogen (secondary N) is 2. The molecule has 3 N–H and O–H groups in total. The molecule has 2 aliphatic rings. The van der Waals surface area contributed by atoms with Crippen molar-refractivity contribution in [1.82, 2.24) is 15.5 Å². The SMILES string of the molecule is O=C(O)CCNC(=O)CCCCC(=O)N1CCC2(CCNCC2)CC1. The number of carbonyl (C=O) groups is 3. The summed E-state index contributed by atoms with van der Waals surface area (Å²) >= 11 is 0. The minimum Gasteiger partial charge on any atom is -0.481 e. The van der Waals surface area contributed by atoms with E-state index in [2.05, 4.69) is 10.6 Å². The zero-order valence-electron chi connectivity index (χ0n) is 15.0. The van der Waals surface area contributed by atoms with Crippen LogP contribution in [0.15, 0.2) is 0 Å². The second-order valence-electron chi connectivity index (χ2n) is 7.33. The van der Waals surface area contributed by atoms with Gasteiger partial charge in [0.05, 0.1) is 6.42 Å². The summed E-state index contributed by atoms with van der Waals surface area (Å²) in [5.41, 5.74) is 0.454. The number of piperidine rings is 2. The normalized spacial score (nSPS) is 19.6. The Hall–Kier alpha value is -1.63. The molecule has 2 aliphatic heterocycles. The van der Waals surface area contributed by atoms with Gasteiger partial charge in [0.25, 0.3) is 0 Å². The van der Waals surface area contributed by atoms with Gasteiger partial charge in [0.15, 0.2) is 0 Å². The molecule has 0 aliphatic carbocycles. The Morgan fingerprint density at radius 1 is 0.960 bits per heavy atom. The highest BCUT2D eigenvalue weighted by Gasteiger charge is 2.36. The molecule has 7 heteroatoms. The lowest BCUT2D eigenvalue weighted by molar-refractivity contribution is -0.137. The van der Waals surface area contributed by atoms with E-state index in [0.717, 1.165) is 39.0 Å². The van der Waals surface area contributed by atoms with Crippen molar-refractivity contribution in [3.8, 4) is 0 Å². The Morgan fingerprint density at radius 2 is 1.60 bits per heavy atom. The number of carbonyl (C=O) groups excluding carboxylic acids is 2. The van der Waals surface area contributed by atoms with Crippen molar-refractivity contribution in [3.05, 3.63) is 0 Å². The van der Waals surface area contributed by atoms with Crippen molar-refractivity contribution in [2.24, 2.45) is 5.41 Å². The van der Waals surface area contributed by atoms with Crippen LogP contribution >= 0.6 is 0 Å². The second kappa shape index (κ2) is 9.75. The molecular weight excluding hydrogens is 322 g/mol. The Balaban J connectivity index is 1.55.